The fourth-order valence-corrected chi connectivity index (χ4v) is 4.44. The Kier molecular flexibility index (Phi) is 5.39. The van der Waals surface area contributed by atoms with E-state index in [9.17, 15) is 4.79 Å². The molecule has 1 atom stereocenters. The lowest BCUT2D eigenvalue weighted by Crippen LogP contribution is -2.24. The number of benzene rings is 3. The number of hydrogen-bond donors (Lipinski definition) is 0. The zero-order valence-electron chi connectivity index (χ0n) is 18.5. The lowest BCUT2D eigenvalue weighted by Gasteiger charge is -2.18. The Balaban J connectivity index is 1.41. The summed E-state index contributed by atoms with van der Waals surface area (Å²) in [6.07, 6.45) is 0.468. The summed E-state index contributed by atoms with van der Waals surface area (Å²) < 4.78 is 8.18. The Labute approximate surface area is 188 Å². The molecule has 1 unspecified atom stereocenters. The van der Waals surface area contributed by atoms with E-state index in [1.807, 2.05) is 59.5 Å². The number of hydrogen-bond acceptors (Lipinski definition) is 3. The summed E-state index contributed by atoms with van der Waals surface area (Å²) >= 11 is 0. The molecule has 1 fully saturated rings. The molecular formula is C27H27N3O2. The molecule has 0 N–H and O–H groups in total. The van der Waals surface area contributed by atoms with Gasteiger partial charge in [-0.25, -0.2) is 4.98 Å². The lowest BCUT2D eigenvalue weighted by molar-refractivity contribution is -0.117. The van der Waals surface area contributed by atoms with Crippen LogP contribution in [0.15, 0.2) is 72.8 Å². The molecule has 0 spiro atoms. The van der Waals surface area contributed by atoms with Crippen LogP contribution in [0.3, 0.4) is 0 Å². The molecule has 162 valence electrons. The minimum atomic E-state index is 0.0493. The highest BCUT2D eigenvalue weighted by atomic mass is 16.5. The maximum absolute atomic E-state index is 12.9. The number of rotatable bonds is 6. The van der Waals surface area contributed by atoms with Crippen molar-refractivity contribution in [1.29, 1.82) is 0 Å². The van der Waals surface area contributed by atoms with Crippen LogP contribution in [0, 0.1) is 13.8 Å². The number of nitrogens with zero attached hydrogens (tertiary/aromatic N) is 3. The molecule has 1 aromatic heterocycles. The highest BCUT2D eigenvalue weighted by Crippen LogP contribution is 2.33. The number of para-hydroxylation sites is 3. The molecule has 3 aromatic carbocycles. The number of aryl methyl sites for hydroxylation is 2. The second-order valence-electron chi connectivity index (χ2n) is 8.45. The molecule has 32 heavy (non-hydrogen) atoms. The van der Waals surface area contributed by atoms with Crippen LogP contribution in [0.2, 0.25) is 0 Å². The minimum absolute atomic E-state index is 0.0493. The van der Waals surface area contributed by atoms with Gasteiger partial charge in [0.1, 0.15) is 18.2 Å². The summed E-state index contributed by atoms with van der Waals surface area (Å²) in [5.41, 5.74) is 5.44. The average molecular weight is 426 g/mol. The molecule has 5 heteroatoms. The van der Waals surface area contributed by atoms with Crippen LogP contribution in [0.1, 0.15) is 29.3 Å². The second kappa shape index (κ2) is 8.50. The number of anilines is 1. The van der Waals surface area contributed by atoms with Crippen molar-refractivity contribution in [2.45, 2.75) is 32.7 Å². The highest BCUT2D eigenvalue weighted by Gasteiger charge is 2.34. The summed E-state index contributed by atoms with van der Waals surface area (Å²) in [7, 11) is 0. The van der Waals surface area contributed by atoms with E-state index < -0.39 is 0 Å². The predicted molar refractivity (Wildman–Crippen MR) is 127 cm³/mol. The van der Waals surface area contributed by atoms with Crippen LogP contribution in [0.4, 0.5) is 5.69 Å². The first kappa shape index (κ1) is 20.3. The molecule has 0 aliphatic carbocycles. The van der Waals surface area contributed by atoms with Gasteiger partial charge in [-0.05, 0) is 61.4 Å². The summed E-state index contributed by atoms with van der Waals surface area (Å²) in [6, 6.07) is 24.2. The molecule has 2 heterocycles. The summed E-state index contributed by atoms with van der Waals surface area (Å²) in [6.45, 7) is 6.04. The van der Waals surface area contributed by atoms with Crippen molar-refractivity contribution >= 4 is 22.6 Å². The number of amides is 1. The molecule has 1 aliphatic rings. The zero-order chi connectivity index (χ0) is 22.1. The Morgan fingerprint density at radius 1 is 0.969 bits per heavy atom. The molecule has 0 radical (unpaired) electrons. The number of fused-ring (bicyclic) bond motifs is 1. The number of aromatic nitrogens is 2. The van der Waals surface area contributed by atoms with Gasteiger partial charge in [0.2, 0.25) is 5.91 Å². The van der Waals surface area contributed by atoms with E-state index in [1.165, 1.54) is 11.1 Å². The molecule has 5 rings (SSSR count). The van der Waals surface area contributed by atoms with Crippen molar-refractivity contribution in [3.8, 4) is 5.75 Å². The summed E-state index contributed by atoms with van der Waals surface area (Å²) in [5, 5.41) is 0. The third-order valence-electron chi connectivity index (χ3n) is 6.30. The third kappa shape index (κ3) is 3.86. The van der Waals surface area contributed by atoms with Crippen LogP contribution >= 0.6 is 0 Å². The molecule has 0 saturated carbocycles. The van der Waals surface area contributed by atoms with Gasteiger partial charge in [-0.15, -0.1) is 0 Å². The number of carbonyl (C=O) groups excluding carboxylic acids is 1. The maximum Gasteiger partial charge on any atom is 0.227 e. The van der Waals surface area contributed by atoms with E-state index in [0.717, 1.165) is 28.3 Å². The van der Waals surface area contributed by atoms with Crippen molar-refractivity contribution in [2.75, 3.05) is 18.1 Å². The molecule has 5 nitrogen and oxygen atoms in total. The van der Waals surface area contributed by atoms with Gasteiger partial charge >= 0.3 is 0 Å². The number of ether oxygens (including phenoxy) is 1. The van der Waals surface area contributed by atoms with E-state index in [0.29, 0.717) is 26.1 Å². The van der Waals surface area contributed by atoms with Gasteiger partial charge in [0, 0.05) is 24.6 Å². The van der Waals surface area contributed by atoms with Gasteiger partial charge in [0.15, 0.2) is 0 Å². The van der Waals surface area contributed by atoms with E-state index in [1.54, 1.807) is 0 Å². The molecular weight excluding hydrogens is 398 g/mol. The Morgan fingerprint density at radius 2 is 1.75 bits per heavy atom. The van der Waals surface area contributed by atoms with Crippen molar-refractivity contribution in [2.24, 2.45) is 0 Å². The van der Waals surface area contributed by atoms with Crippen LogP contribution in [0.5, 0.6) is 5.75 Å². The smallest absolute Gasteiger partial charge is 0.227 e. The van der Waals surface area contributed by atoms with Crippen molar-refractivity contribution in [3.63, 3.8) is 0 Å². The SMILES string of the molecule is Cc1ccc(N2CC(c3nc4ccccc4n3CCOc3ccccc3)CC2=O)cc1C. The van der Waals surface area contributed by atoms with Gasteiger partial charge in [0.25, 0.3) is 0 Å². The first-order valence-electron chi connectivity index (χ1n) is 11.1. The van der Waals surface area contributed by atoms with Gasteiger partial charge in [-0.1, -0.05) is 36.4 Å². The van der Waals surface area contributed by atoms with E-state index in [2.05, 4.69) is 36.6 Å². The van der Waals surface area contributed by atoms with Gasteiger partial charge in [-0.2, -0.15) is 0 Å². The maximum atomic E-state index is 12.9. The molecule has 4 aromatic rings. The molecule has 0 bridgehead atoms. The Bertz CT molecular complexity index is 1260. The first-order valence-corrected chi connectivity index (χ1v) is 11.1. The third-order valence-corrected chi connectivity index (χ3v) is 6.30. The lowest BCUT2D eigenvalue weighted by atomic mass is 10.1. The zero-order valence-corrected chi connectivity index (χ0v) is 18.5. The fourth-order valence-electron chi connectivity index (χ4n) is 4.44. The number of imidazole rings is 1. The van der Waals surface area contributed by atoms with Crippen LogP contribution in [0.25, 0.3) is 11.0 Å². The standard InChI is InChI=1S/C27H27N3O2/c1-19-12-13-22(16-20(19)2)30-18-21(17-26(30)31)27-28-24-10-6-7-11-25(24)29(27)14-15-32-23-8-4-3-5-9-23/h3-13,16,21H,14-15,17-18H2,1-2H3. The van der Waals surface area contributed by atoms with Gasteiger partial charge < -0.3 is 14.2 Å². The largest absolute Gasteiger partial charge is 0.492 e. The first-order chi connectivity index (χ1) is 15.6. The predicted octanol–water partition coefficient (Wildman–Crippen LogP) is 5.25. The molecule has 1 amide bonds. The molecule has 1 saturated heterocycles. The summed E-state index contributed by atoms with van der Waals surface area (Å²) in [5.74, 6) is 2.02. The quantitative estimate of drug-likeness (QED) is 0.424. The monoisotopic (exact) mass is 425 g/mol. The van der Waals surface area contributed by atoms with E-state index in [4.69, 9.17) is 9.72 Å². The van der Waals surface area contributed by atoms with Crippen LogP contribution < -0.4 is 9.64 Å². The molecule has 1 aliphatic heterocycles. The number of carbonyl (C=O) groups is 1. The Hall–Kier alpha value is -3.60. The van der Waals surface area contributed by atoms with Gasteiger partial charge in [0.05, 0.1) is 17.6 Å². The van der Waals surface area contributed by atoms with Crippen molar-refractivity contribution < 1.29 is 9.53 Å². The highest BCUT2D eigenvalue weighted by molar-refractivity contribution is 5.96. The van der Waals surface area contributed by atoms with Crippen molar-refractivity contribution in [3.05, 3.63) is 89.7 Å². The minimum Gasteiger partial charge on any atom is -0.492 e. The fraction of sp³-hybridized carbons (Fsp3) is 0.259. The topological polar surface area (TPSA) is 47.4 Å². The van der Waals surface area contributed by atoms with Gasteiger partial charge in [-0.3, -0.25) is 4.79 Å². The van der Waals surface area contributed by atoms with E-state index in [-0.39, 0.29) is 11.8 Å². The normalized spacial score (nSPS) is 16.1. The van der Waals surface area contributed by atoms with Crippen LogP contribution in [-0.2, 0) is 11.3 Å². The van der Waals surface area contributed by atoms with Crippen LogP contribution in [-0.4, -0.2) is 28.6 Å². The summed E-state index contributed by atoms with van der Waals surface area (Å²) in [4.78, 5) is 19.8. The average Bonchev–Trinajstić information content (AvgIpc) is 3.37. The second-order valence-corrected chi connectivity index (χ2v) is 8.45. The Morgan fingerprint density at radius 3 is 2.56 bits per heavy atom. The van der Waals surface area contributed by atoms with E-state index >= 15 is 0 Å². The van der Waals surface area contributed by atoms with Crippen molar-refractivity contribution in [1.82, 2.24) is 9.55 Å².